The lowest BCUT2D eigenvalue weighted by molar-refractivity contribution is 0.0921. The van der Waals surface area contributed by atoms with Gasteiger partial charge in [0.05, 0.1) is 0 Å². The molecule has 1 saturated heterocycles. The van der Waals surface area contributed by atoms with Crippen molar-refractivity contribution in [2.24, 2.45) is 5.92 Å². The normalized spacial score (nSPS) is 17.5. The maximum absolute atomic E-state index is 6.10. The number of ether oxygens (including phenoxy) is 1. The van der Waals surface area contributed by atoms with E-state index in [1.54, 1.807) is 0 Å². The Morgan fingerprint density at radius 3 is 2.68 bits per heavy atom. The van der Waals surface area contributed by atoms with Crippen LogP contribution in [0.5, 0.6) is 0 Å². The molecule has 1 N–H and O–H groups in total. The van der Waals surface area contributed by atoms with Gasteiger partial charge in [-0.15, -0.1) is 0 Å². The summed E-state index contributed by atoms with van der Waals surface area (Å²) < 4.78 is 5.77. The topological polar surface area (TPSA) is 21.3 Å². The predicted molar refractivity (Wildman–Crippen MR) is 80.9 cm³/mol. The van der Waals surface area contributed by atoms with E-state index in [1.807, 2.05) is 12.1 Å². The Kier molecular flexibility index (Phi) is 5.26. The van der Waals surface area contributed by atoms with Crippen molar-refractivity contribution >= 4 is 11.6 Å². The van der Waals surface area contributed by atoms with Crippen molar-refractivity contribution in [3.63, 3.8) is 0 Å². The van der Waals surface area contributed by atoms with Gasteiger partial charge < -0.3 is 10.1 Å². The van der Waals surface area contributed by atoms with Crippen LogP contribution in [-0.2, 0) is 10.2 Å². The average Bonchev–Trinajstić information content (AvgIpc) is 2.31. The van der Waals surface area contributed by atoms with Crippen LogP contribution in [-0.4, -0.2) is 26.3 Å². The van der Waals surface area contributed by atoms with Crippen LogP contribution in [0.4, 0.5) is 0 Å². The molecule has 0 unspecified atom stereocenters. The molecule has 0 radical (unpaired) electrons. The van der Waals surface area contributed by atoms with E-state index in [0.29, 0.717) is 5.92 Å². The van der Waals surface area contributed by atoms with Crippen molar-refractivity contribution in [2.75, 3.05) is 26.3 Å². The molecule has 1 fully saturated rings. The summed E-state index contributed by atoms with van der Waals surface area (Å²) in [7, 11) is 0. The first-order valence-electron chi connectivity index (χ1n) is 7.17. The monoisotopic (exact) mass is 281 g/mol. The molecule has 0 saturated carbocycles. The summed E-state index contributed by atoms with van der Waals surface area (Å²) >= 11 is 6.10. The molecule has 0 amide bonds. The molecule has 2 nitrogen and oxygen atoms in total. The van der Waals surface area contributed by atoms with Gasteiger partial charge in [0.1, 0.15) is 0 Å². The summed E-state index contributed by atoms with van der Waals surface area (Å²) in [6.07, 6.45) is 2.21. The molecule has 3 heteroatoms. The Balaban J connectivity index is 1.85. The second kappa shape index (κ2) is 6.74. The zero-order valence-electron chi connectivity index (χ0n) is 11.9. The summed E-state index contributed by atoms with van der Waals surface area (Å²) in [5, 5.41) is 4.20. The van der Waals surface area contributed by atoms with E-state index in [2.05, 4.69) is 31.3 Å². The fourth-order valence-electron chi connectivity index (χ4n) is 2.46. The summed E-state index contributed by atoms with van der Waals surface area (Å²) in [6, 6.07) is 8.25. The number of hydrogen-bond acceptors (Lipinski definition) is 2. The minimum Gasteiger partial charge on any atom is -0.381 e. The van der Waals surface area contributed by atoms with Crippen molar-refractivity contribution in [2.45, 2.75) is 32.1 Å². The smallest absolute Gasteiger partial charge is 0.0475 e. The quantitative estimate of drug-likeness (QED) is 0.771. The number of nitrogens with one attached hydrogen (secondary N) is 1. The third kappa shape index (κ3) is 3.95. The van der Waals surface area contributed by atoms with Gasteiger partial charge in [-0.25, -0.2) is 0 Å². The van der Waals surface area contributed by atoms with Gasteiger partial charge in [0.25, 0.3) is 0 Å². The molecule has 0 atom stereocenters. The van der Waals surface area contributed by atoms with Crippen LogP contribution in [0.15, 0.2) is 24.3 Å². The van der Waals surface area contributed by atoms with E-state index in [1.165, 1.54) is 5.56 Å². The fraction of sp³-hybridized carbons (Fsp3) is 0.625. The van der Waals surface area contributed by atoms with Gasteiger partial charge in [-0.3, -0.25) is 0 Å². The van der Waals surface area contributed by atoms with Gasteiger partial charge >= 0.3 is 0 Å². The van der Waals surface area contributed by atoms with E-state index >= 15 is 0 Å². The lowest BCUT2D eigenvalue weighted by atomic mass is 9.73. The molecule has 19 heavy (non-hydrogen) atoms. The predicted octanol–water partition coefficient (Wildman–Crippen LogP) is 3.63. The standard InChI is InChI=1S/C16H24ClNO/c1-13(2)6-8-19-9-7-16(11-18-12-16)14-4-3-5-15(17)10-14/h3-5,10,13,18H,6-9,11-12H2,1-2H3. The van der Waals surface area contributed by atoms with Crippen LogP contribution >= 0.6 is 11.6 Å². The zero-order valence-corrected chi connectivity index (χ0v) is 12.7. The molecule has 1 aliphatic heterocycles. The maximum Gasteiger partial charge on any atom is 0.0475 e. The molecule has 1 aromatic carbocycles. The van der Waals surface area contributed by atoms with Gasteiger partial charge in [0.2, 0.25) is 0 Å². The van der Waals surface area contributed by atoms with Crippen LogP contribution in [0.2, 0.25) is 5.02 Å². The van der Waals surface area contributed by atoms with Gasteiger partial charge in [0.15, 0.2) is 0 Å². The first-order chi connectivity index (χ1) is 9.12. The number of benzene rings is 1. The van der Waals surface area contributed by atoms with Gasteiger partial charge in [-0.05, 0) is 36.5 Å². The zero-order chi connectivity index (χ0) is 13.7. The molecular formula is C16H24ClNO. The largest absolute Gasteiger partial charge is 0.381 e. The molecule has 2 rings (SSSR count). The van der Waals surface area contributed by atoms with Crippen molar-refractivity contribution < 1.29 is 4.74 Å². The molecule has 0 aromatic heterocycles. The summed E-state index contributed by atoms with van der Waals surface area (Å²) in [6.45, 7) is 8.22. The molecule has 1 aliphatic rings. The number of rotatable bonds is 7. The van der Waals surface area contributed by atoms with Crippen molar-refractivity contribution in [3.05, 3.63) is 34.9 Å². The minimum absolute atomic E-state index is 0.225. The SMILES string of the molecule is CC(C)CCOCCC1(c2cccc(Cl)c2)CNC1. The second-order valence-corrected chi connectivity index (χ2v) is 6.38. The Hall–Kier alpha value is -0.570. The van der Waals surface area contributed by atoms with Crippen molar-refractivity contribution in [1.29, 1.82) is 0 Å². The minimum atomic E-state index is 0.225. The lowest BCUT2D eigenvalue weighted by Gasteiger charge is -2.43. The highest BCUT2D eigenvalue weighted by atomic mass is 35.5. The highest BCUT2D eigenvalue weighted by Crippen LogP contribution is 2.33. The number of halogens is 1. The maximum atomic E-state index is 6.10. The van der Waals surface area contributed by atoms with E-state index < -0.39 is 0 Å². The second-order valence-electron chi connectivity index (χ2n) is 5.94. The van der Waals surface area contributed by atoms with E-state index in [0.717, 1.165) is 44.2 Å². The van der Waals surface area contributed by atoms with Crippen LogP contribution in [0.1, 0.15) is 32.3 Å². The van der Waals surface area contributed by atoms with Crippen LogP contribution < -0.4 is 5.32 Å². The van der Waals surface area contributed by atoms with Crippen LogP contribution in [0, 0.1) is 5.92 Å². The molecule has 0 bridgehead atoms. The molecule has 106 valence electrons. The van der Waals surface area contributed by atoms with Gasteiger partial charge in [0, 0.05) is 36.7 Å². The van der Waals surface area contributed by atoms with Crippen molar-refractivity contribution in [3.8, 4) is 0 Å². The first-order valence-corrected chi connectivity index (χ1v) is 7.55. The van der Waals surface area contributed by atoms with Crippen LogP contribution in [0.25, 0.3) is 0 Å². The first kappa shape index (κ1) is 14.8. The van der Waals surface area contributed by atoms with Gasteiger partial charge in [-0.1, -0.05) is 37.6 Å². The highest BCUT2D eigenvalue weighted by molar-refractivity contribution is 6.30. The molecule has 0 aliphatic carbocycles. The fourth-order valence-corrected chi connectivity index (χ4v) is 2.65. The number of hydrogen-bond donors (Lipinski definition) is 1. The molecule has 1 aromatic rings. The third-order valence-corrected chi connectivity index (χ3v) is 4.16. The highest BCUT2D eigenvalue weighted by Gasteiger charge is 2.38. The molecule has 0 spiro atoms. The Labute approximate surface area is 121 Å². The average molecular weight is 282 g/mol. The Morgan fingerprint density at radius 2 is 2.11 bits per heavy atom. The van der Waals surface area contributed by atoms with E-state index in [4.69, 9.17) is 16.3 Å². The lowest BCUT2D eigenvalue weighted by Crippen LogP contribution is -2.57. The summed E-state index contributed by atoms with van der Waals surface area (Å²) in [5.74, 6) is 0.715. The van der Waals surface area contributed by atoms with E-state index in [9.17, 15) is 0 Å². The van der Waals surface area contributed by atoms with Gasteiger partial charge in [-0.2, -0.15) is 0 Å². The van der Waals surface area contributed by atoms with E-state index in [-0.39, 0.29) is 5.41 Å². The summed E-state index contributed by atoms with van der Waals surface area (Å²) in [4.78, 5) is 0. The Bertz CT molecular complexity index is 401. The van der Waals surface area contributed by atoms with Crippen LogP contribution in [0.3, 0.4) is 0 Å². The summed E-state index contributed by atoms with van der Waals surface area (Å²) in [5.41, 5.74) is 1.56. The third-order valence-electron chi connectivity index (χ3n) is 3.93. The molecular weight excluding hydrogens is 258 g/mol. The van der Waals surface area contributed by atoms with Crippen molar-refractivity contribution in [1.82, 2.24) is 5.32 Å². The molecule has 1 heterocycles. The Morgan fingerprint density at radius 1 is 1.32 bits per heavy atom.